The Balaban J connectivity index is 1.43. The van der Waals surface area contributed by atoms with Crippen LogP contribution in [-0.4, -0.2) is 55.5 Å². The maximum Gasteiger partial charge on any atom is 0.331 e. The van der Waals surface area contributed by atoms with Crippen LogP contribution in [0.15, 0.2) is 28.7 Å². The number of aromatic nitrogens is 2. The maximum absolute atomic E-state index is 12.5. The van der Waals surface area contributed by atoms with Gasteiger partial charge in [0.25, 0.3) is 10.0 Å². The molecule has 0 spiro atoms. The van der Waals surface area contributed by atoms with E-state index in [0.29, 0.717) is 30.5 Å². The molecule has 2 amide bonds. The normalized spacial score (nSPS) is 15.1. The van der Waals surface area contributed by atoms with E-state index in [1.165, 1.54) is 21.9 Å². The molecule has 4 heterocycles. The summed E-state index contributed by atoms with van der Waals surface area (Å²) in [5.74, 6) is 0.854. The molecule has 12 heteroatoms. The van der Waals surface area contributed by atoms with E-state index in [0.717, 1.165) is 33.8 Å². The first-order chi connectivity index (χ1) is 13.9. The van der Waals surface area contributed by atoms with E-state index in [1.54, 1.807) is 17.7 Å². The van der Waals surface area contributed by atoms with Crippen molar-refractivity contribution in [1.82, 2.24) is 19.6 Å². The van der Waals surface area contributed by atoms with E-state index >= 15 is 0 Å². The Labute approximate surface area is 181 Å². The number of nitrogens with one attached hydrogen (secondary N) is 1. The number of nitrogens with zero attached hydrogens (tertiary/aromatic N) is 4. The van der Waals surface area contributed by atoms with Crippen molar-refractivity contribution in [2.45, 2.75) is 17.6 Å². The number of amides is 2. The summed E-state index contributed by atoms with van der Waals surface area (Å²) in [7, 11) is -3.92. The van der Waals surface area contributed by atoms with Crippen LogP contribution in [0.25, 0.3) is 10.2 Å². The minimum atomic E-state index is -3.92. The third-order valence-corrected chi connectivity index (χ3v) is 8.84. The number of anilines is 1. The van der Waals surface area contributed by atoms with Crippen molar-refractivity contribution in [3.63, 3.8) is 0 Å². The van der Waals surface area contributed by atoms with Crippen LogP contribution in [0.2, 0.25) is 4.34 Å². The summed E-state index contributed by atoms with van der Waals surface area (Å²) in [6, 6.07) is 4.35. The number of fused-ring (bicyclic) bond motifs is 1. The van der Waals surface area contributed by atoms with Crippen LogP contribution < -0.4 is 9.62 Å². The lowest BCUT2D eigenvalue weighted by Crippen LogP contribution is -2.52. The highest BCUT2D eigenvalue weighted by atomic mass is 35.5. The van der Waals surface area contributed by atoms with Crippen molar-refractivity contribution >= 4 is 66.4 Å². The predicted molar refractivity (Wildman–Crippen MR) is 116 cm³/mol. The Bertz CT molecular complexity index is 1150. The summed E-state index contributed by atoms with van der Waals surface area (Å²) in [6.45, 7) is 4.00. The van der Waals surface area contributed by atoms with Crippen molar-refractivity contribution in [2.75, 3.05) is 31.1 Å². The monoisotopic (exact) mass is 471 g/mol. The zero-order valence-electron chi connectivity index (χ0n) is 15.5. The average Bonchev–Trinajstić information content (AvgIpc) is 3.33. The lowest BCUT2D eigenvalue weighted by molar-refractivity contribution is 0.200. The second kappa shape index (κ2) is 8.05. The third-order valence-electron chi connectivity index (χ3n) is 4.61. The number of aryl methyl sites for hydroxylation is 1. The van der Waals surface area contributed by atoms with Crippen LogP contribution in [0.3, 0.4) is 0 Å². The van der Waals surface area contributed by atoms with Crippen molar-refractivity contribution in [1.29, 1.82) is 0 Å². The van der Waals surface area contributed by atoms with E-state index in [2.05, 4.69) is 32.6 Å². The van der Waals surface area contributed by atoms with Gasteiger partial charge in [0.2, 0.25) is 0 Å². The number of hydrogen-bond acceptors (Lipinski definition) is 8. The first-order valence-corrected chi connectivity index (χ1v) is 12.4. The number of thiophene rings is 2. The number of carbonyl (C=O) groups is 1. The molecule has 0 atom stereocenters. The second-order valence-electron chi connectivity index (χ2n) is 6.43. The van der Waals surface area contributed by atoms with Crippen molar-refractivity contribution < 1.29 is 13.2 Å². The molecule has 29 heavy (non-hydrogen) atoms. The van der Waals surface area contributed by atoms with Crippen molar-refractivity contribution in [3.05, 3.63) is 33.7 Å². The highest BCUT2D eigenvalue weighted by Gasteiger charge is 2.27. The Kier molecular flexibility index (Phi) is 5.65. The summed E-state index contributed by atoms with van der Waals surface area (Å²) in [5, 5.41) is 1.02. The molecule has 0 bridgehead atoms. The van der Waals surface area contributed by atoms with Gasteiger partial charge in [-0.2, -0.15) is 0 Å². The van der Waals surface area contributed by atoms with Gasteiger partial charge in [0.15, 0.2) is 0 Å². The molecule has 154 valence electrons. The molecule has 1 N–H and O–H groups in total. The maximum atomic E-state index is 12.5. The van der Waals surface area contributed by atoms with Gasteiger partial charge in [-0.1, -0.05) is 18.5 Å². The van der Waals surface area contributed by atoms with Gasteiger partial charge in [-0.3, -0.25) is 0 Å². The molecule has 1 aliphatic heterocycles. The molecule has 8 nitrogen and oxygen atoms in total. The highest BCUT2D eigenvalue weighted by Crippen LogP contribution is 2.31. The average molecular weight is 472 g/mol. The molecule has 0 saturated carbocycles. The quantitative estimate of drug-likeness (QED) is 0.627. The van der Waals surface area contributed by atoms with Crippen LogP contribution in [-0.2, 0) is 16.4 Å². The Hall–Kier alpha value is -1.95. The zero-order valence-corrected chi connectivity index (χ0v) is 18.7. The SMILES string of the molecule is CCc1cc2c(N3CCN(C(=O)NS(=O)(=O)c4ccc(Cl)s4)CC3)ncnc2s1. The van der Waals surface area contributed by atoms with Crippen LogP contribution in [0.1, 0.15) is 11.8 Å². The third kappa shape index (κ3) is 4.18. The van der Waals surface area contributed by atoms with Gasteiger partial charge < -0.3 is 9.80 Å². The molecule has 1 saturated heterocycles. The number of halogens is 1. The lowest BCUT2D eigenvalue weighted by atomic mass is 10.2. The lowest BCUT2D eigenvalue weighted by Gasteiger charge is -2.35. The number of piperazine rings is 1. The fraction of sp³-hybridized carbons (Fsp3) is 0.353. The molecular formula is C17H18ClN5O3S3. The number of urea groups is 1. The van der Waals surface area contributed by atoms with Crippen LogP contribution >= 0.6 is 34.3 Å². The molecule has 3 aromatic heterocycles. The van der Waals surface area contributed by atoms with Gasteiger partial charge in [0.1, 0.15) is 21.2 Å². The minimum absolute atomic E-state index is 0.0158. The van der Waals surface area contributed by atoms with Crippen LogP contribution in [0.5, 0.6) is 0 Å². The molecule has 4 rings (SSSR count). The summed E-state index contributed by atoms with van der Waals surface area (Å²) in [4.78, 5) is 27.0. The molecule has 0 unspecified atom stereocenters. The molecule has 0 aliphatic carbocycles. The van der Waals surface area contributed by atoms with E-state index < -0.39 is 16.1 Å². The van der Waals surface area contributed by atoms with Gasteiger partial charge in [-0.15, -0.1) is 22.7 Å². The predicted octanol–water partition coefficient (Wildman–Crippen LogP) is 3.19. The van der Waals surface area contributed by atoms with E-state index in [9.17, 15) is 13.2 Å². The molecule has 3 aromatic rings. The van der Waals surface area contributed by atoms with Gasteiger partial charge in [0.05, 0.1) is 9.72 Å². The summed E-state index contributed by atoms with van der Waals surface area (Å²) in [6.07, 6.45) is 2.50. The van der Waals surface area contributed by atoms with Crippen LogP contribution in [0.4, 0.5) is 10.6 Å². The van der Waals surface area contributed by atoms with Crippen LogP contribution in [0, 0.1) is 0 Å². The van der Waals surface area contributed by atoms with Crippen molar-refractivity contribution in [2.24, 2.45) is 0 Å². The number of sulfonamides is 1. The summed E-state index contributed by atoms with van der Waals surface area (Å²) < 4.78 is 27.1. The van der Waals surface area contributed by atoms with Crippen molar-refractivity contribution in [3.8, 4) is 0 Å². The van der Waals surface area contributed by atoms with Gasteiger partial charge >= 0.3 is 6.03 Å². The standard InChI is InChI=1S/C17H18ClN5O3S3/c1-2-11-9-12-15(19-10-20-16(12)27-11)22-5-7-23(8-6-22)17(24)21-29(25,26)14-4-3-13(18)28-14/h3-4,9-10H,2,5-8H2,1H3,(H,21,24). The first-order valence-electron chi connectivity index (χ1n) is 8.93. The fourth-order valence-corrected chi connectivity index (χ4v) is 6.50. The van der Waals surface area contributed by atoms with E-state index in [4.69, 9.17) is 11.6 Å². The Morgan fingerprint density at radius 3 is 2.62 bits per heavy atom. The molecule has 0 radical (unpaired) electrons. The fourth-order valence-electron chi connectivity index (χ4n) is 3.11. The largest absolute Gasteiger partial charge is 0.352 e. The topological polar surface area (TPSA) is 95.5 Å². The molecule has 1 aliphatic rings. The number of carbonyl (C=O) groups excluding carboxylic acids is 1. The van der Waals surface area contributed by atoms with Gasteiger partial charge in [-0.05, 0) is 24.6 Å². The number of hydrogen-bond donors (Lipinski definition) is 1. The highest BCUT2D eigenvalue weighted by molar-refractivity contribution is 7.92. The van der Waals surface area contributed by atoms with E-state index in [-0.39, 0.29) is 4.21 Å². The molecule has 1 fully saturated rings. The smallest absolute Gasteiger partial charge is 0.331 e. The molecular weight excluding hydrogens is 454 g/mol. The van der Waals surface area contributed by atoms with Gasteiger partial charge in [0, 0.05) is 31.1 Å². The number of rotatable bonds is 4. The second-order valence-corrected chi connectivity index (χ2v) is 11.2. The first kappa shape index (κ1) is 20.3. The Morgan fingerprint density at radius 1 is 1.21 bits per heavy atom. The molecule has 0 aromatic carbocycles. The van der Waals surface area contributed by atoms with Gasteiger partial charge in [-0.25, -0.2) is 27.9 Å². The Morgan fingerprint density at radius 2 is 1.97 bits per heavy atom. The zero-order chi connectivity index (χ0) is 20.6. The summed E-state index contributed by atoms with van der Waals surface area (Å²) in [5.41, 5.74) is 0. The minimum Gasteiger partial charge on any atom is -0.352 e. The van der Waals surface area contributed by atoms with E-state index in [1.807, 2.05) is 0 Å². The summed E-state index contributed by atoms with van der Waals surface area (Å²) >= 11 is 8.36.